The molecule has 0 unspecified atom stereocenters. The number of benzene rings is 1. The monoisotopic (exact) mass is 323 g/mol. The molecule has 122 valence electrons. The molecule has 0 saturated heterocycles. The van der Waals surface area contributed by atoms with Gasteiger partial charge in [0.05, 0.1) is 12.3 Å². The van der Waals surface area contributed by atoms with Gasteiger partial charge in [-0.2, -0.15) is 10.2 Å². The molecule has 0 fully saturated rings. The Morgan fingerprint density at radius 3 is 3.00 bits per heavy atom. The summed E-state index contributed by atoms with van der Waals surface area (Å²) >= 11 is 0. The van der Waals surface area contributed by atoms with Crippen LogP contribution in [0.2, 0.25) is 0 Å². The van der Waals surface area contributed by atoms with Crippen LogP contribution in [0, 0.1) is 6.92 Å². The number of carbonyl (C=O) groups is 1. The van der Waals surface area contributed by atoms with E-state index in [2.05, 4.69) is 26.7 Å². The summed E-state index contributed by atoms with van der Waals surface area (Å²) < 4.78 is 7.22. The van der Waals surface area contributed by atoms with Crippen molar-refractivity contribution < 1.29 is 9.53 Å². The van der Waals surface area contributed by atoms with E-state index in [0.29, 0.717) is 11.5 Å². The Morgan fingerprint density at radius 2 is 2.21 bits per heavy atom. The standard InChI is InChI=1S/C17H17N5O2/c1-10-7-16(21-22(10)2)18-17(23)14-9-13(19-20-14)11-3-4-15-12(8-11)5-6-24-15/h3-4,7-9H,5-6H2,1-2H3,(H,19,20)(H,18,21,23). The molecule has 3 aromatic rings. The van der Waals surface area contributed by atoms with E-state index in [-0.39, 0.29) is 5.91 Å². The van der Waals surface area contributed by atoms with Crippen molar-refractivity contribution in [2.75, 3.05) is 11.9 Å². The van der Waals surface area contributed by atoms with Crippen molar-refractivity contribution in [2.45, 2.75) is 13.3 Å². The van der Waals surface area contributed by atoms with E-state index in [1.807, 2.05) is 32.2 Å². The van der Waals surface area contributed by atoms with Crippen LogP contribution in [0.1, 0.15) is 21.7 Å². The summed E-state index contributed by atoms with van der Waals surface area (Å²) in [4.78, 5) is 12.3. The summed E-state index contributed by atoms with van der Waals surface area (Å²) in [5, 5.41) is 14.0. The van der Waals surface area contributed by atoms with Gasteiger partial charge in [-0.05, 0) is 36.8 Å². The third kappa shape index (κ3) is 2.54. The first-order valence-corrected chi connectivity index (χ1v) is 7.73. The summed E-state index contributed by atoms with van der Waals surface area (Å²) in [5.74, 6) is 1.18. The Hall–Kier alpha value is -3.09. The summed E-state index contributed by atoms with van der Waals surface area (Å²) in [6, 6.07) is 9.51. The Labute approximate surface area is 138 Å². The number of nitrogens with one attached hydrogen (secondary N) is 2. The number of nitrogens with zero attached hydrogens (tertiary/aromatic N) is 3. The third-order valence-corrected chi connectivity index (χ3v) is 4.16. The second-order valence-electron chi connectivity index (χ2n) is 5.84. The fraction of sp³-hybridized carbons (Fsp3) is 0.235. The second kappa shape index (κ2) is 5.52. The van der Waals surface area contributed by atoms with Crippen molar-refractivity contribution in [1.29, 1.82) is 0 Å². The second-order valence-corrected chi connectivity index (χ2v) is 5.84. The summed E-state index contributed by atoms with van der Waals surface area (Å²) in [6.45, 7) is 2.64. The minimum atomic E-state index is -0.267. The average molecular weight is 323 g/mol. The molecule has 0 bridgehead atoms. The number of aromatic amines is 1. The predicted octanol–water partition coefficient (Wildman–Crippen LogP) is 2.31. The van der Waals surface area contributed by atoms with Crippen molar-refractivity contribution in [2.24, 2.45) is 7.05 Å². The average Bonchev–Trinajstić information content (AvgIpc) is 3.27. The lowest BCUT2D eigenvalue weighted by Crippen LogP contribution is -2.13. The maximum Gasteiger partial charge on any atom is 0.274 e. The van der Waals surface area contributed by atoms with Crippen LogP contribution >= 0.6 is 0 Å². The van der Waals surface area contributed by atoms with Crippen molar-refractivity contribution >= 4 is 11.7 Å². The molecule has 24 heavy (non-hydrogen) atoms. The van der Waals surface area contributed by atoms with Crippen molar-refractivity contribution in [1.82, 2.24) is 20.0 Å². The molecule has 0 aliphatic carbocycles. The van der Waals surface area contributed by atoms with Gasteiger partial charge in [0, 0.05) is 30.8 Å². The molecule has 7 heteroatoms. The maximum atomic E-state index is 12.3. The highest BCUT2D eigenvalue weighted by Crippen LogP contribution is 2.29. The molecule has 0 radical (unpaired) electrons. The van der Waals surface area contributed by atoms with Gasteiger partial charge in [0.15, 0.2) is 5.82 Å². The zero-order chi connectivity index (χ0) is 16.7. The third-order valence-electron chi connectivity index (χ3n) is 4.16. The largest absolute Gasteiger partial charge is 0.493 e. The quantitative estimate of drug-likeness (QED) is 0.774. The smallest absolute Gasteiger partial charge is 0.274 e. The minimum absolute atomic E-state index is 0.267. The van der Waals surface area contributed by atoms with Gasteiger partial charge in [-0.1, -0.05) is 0 Å². The van der Waals surface area contributed by atoms with Crippen molar-refractivity contribution in [3.8, 4) is 17.0 Å². The first-order valence-electron chi connectivity index (χ1n) is 7.73. The number of rotatable bonds is 3. The van der Waals surface area contributed by atoms with Crippen LogP contribution in [0.4, 0.5) is 5.82 Å². The van der Waals surface area contributed by atoms with E-state index in [0.717, 1.165) is 35.7 Å². The molecule has 1 aromatic carbocycles. The first-order chi connectivity index (χ1) is 11.6. The van der Waals surface area contributed by atoms with E-state index >= 15 is 0 Å². The molecule has 4 rings (SSSR count). The Bertz CT molecular complexity index is 905. The van der Waals surface area contributed by atoms with Crippen LogP contribution in [0.3, 0.4) is 0 Å². The topological polar surface area (TPSA) is 84.8 Å². The first kappa shape index (κ1) is 14.5. The lowest BCUT2D eigenvalue weighted by atomic mass is 10.1. The number of aromatic nitrogens is 4. The molecule has 1 aliphatic rings. The molecule has 1 amide bonds. The van der Waals surface area contributed by atoms with E-state index in [4.69, 9.17) is 4.74 Å². The van der Waals surface area contributed by atoms with Gasteiger partial charge in [0.25, 0.3) is 5.91 Å². The van der Waals surface area contributed by atoms with Crippen molar-refractivity contribution in [3.05, 3.63) is 47.3 Å². The van der Waals surface area contributed by atoms with Gasteiger partial charge in [0.1, 0.15) is 11.4 Å². The van der Waals surface area contributed by atoms with E-state index < -0.39 is 0 Å². The summed E-state index contributed by atoms with van der Waals surface area (Å²) in [6.07, 6.45) is 0.903. The lowest BCUT2D eigenvalue weighted by Gasteiger charge is -2.01. The number of amides is 1. The van der Waals surface area contributed by atoms with Crippen LogP contribution in [-0.4, -0.2) is 32.5 Å². The molecule has 3 heterocycles. The highest BCUT2D eigenvalue weighted by molar-refractivity contribution is 6.02. The van der Waals surface area contributed by atoms with Gasteiger partial charge in [-0.3, -0.25) is 14.6 Å². The van der Waals surface area contributed by atoms with Gasteiger partial charge >= 0.3 is 0 Å². The van der Waals surface area contributed by atoms with Gasteiger partial charge in [-0.25, -0.2) is 0 Å². The lowest BCUT2D eigenvalue weighted by molar-refractivity contribution is 0.102. The number of H-pyrrole nitrogens is 1. The minimum Gasteiger partial charge on any atom is -0.493 e. The van der Waals surface area contributed by atoms with Crippen molar-refractivity contribution in [3.63, 3.8) is 0 Å². The number of anilines is 1. The Balaban J connectivity index is 1.55. The number of fused-ring (bicyclic) bond motifs is 1. The summed E-state index contributed by atoms with van der Waals surface area (Å²) in [5.41, 5.74) is 4.22. The molecule has 0 atom stereocenters. The van der Waals surface area contributed by atoms with E-state index in [1.165, 1.54) is 5.56 Å². The number of aryl methyl sites for hydroxylation is 2. The van der Waals surface area contributed by atoms with Crippen LogP contribution < -0.4 is 10.1 Å². The number of hydrogen-bond acceptors (Lipinski definition) is 4. The molecule has 0 saturated carbocycles. The van der Waals surface area contributed by atoms with Crippen LogP contribution in [0.25, 0.3) is 11.3 Å². The Kier molecular flexibility index (Phi) is 3.34. The molecule has 1 aliphatic heterocycles. The number of ether oxygens (including phenoxy) is 1. The van der Waals surface area contributed by atoms with E-state index in [1.54, 1.807) is 10.7 Å². The van der Waals surface area contributed by atoms with Gasteiger partial charge in [0.2, 0.25) is 0 Å². The molecular formula is C17H17N5O2. The SMILES string of the molecule is Cc1cc(NC(=O)c2cc(-c3ccc4c(c3)CCO4)n[nH]2)nn1C. The predicted molar refractivity (Wildman–Crippen MR) is 89.1 cm³/mol. The van der Waals surface area contributed by atoms with E-state index in [9.17, 15) is 4.79 Å². The molecular weight excluding hydrogens is 306 g/mol. The molecule has 2 aromatic heterocycles. The fourth-order valence-corrected chi connectivity index (χ4v) is 2.74. The fourth-order valence-electron chi connectivity index (χ4n) is 2.74. The number of carbonyl (C=O) groups excluding carboxylic acids is 1. The summed E-state index contributed by atoms with van der Waals surface area (Å²) in [7, 11) is 1.83. The zero-order valence-corrected chi connectivity index (χ0v) is 13.5. The normalized spacial score (nSPS) is 12.8. The van der Waals surface area contributed by atoms with Crippen LogP contribution in [-0.2, 0) is 13.5 Å². The van der Waals surface area contributed by atoms with Gasteiger partial charge < -0.3 is 10.1 Å². The highest BCUT2D eigenvalue weighted by Gasteiger charge is 2.16. The Morgan fingerprint density at radius 1 is 1.33 bits per heavy atom. The zero-order valence-electron chi connectivity index (χ0n) is 13.5. The number of hydrogen-bond donors (Lipinski definition) is 2. The highest BCUT2D eigenvalue weighted by atomic mass is 16.5. The molecule has 0 spiro atoms. The van der Waals surface area contributed by atoms with Gasteiger partial charge in [-0.15, -0.1) is 0 Å². The molecule has 7 nitrogen and oxygen atoms in total. The molecule has 2 N–H and O–H groups in total. The van der Waals surface area contributed by atoms with Crippen LogP contribution in [0.5, 0.6) is 5.75 Å². The maximum absolute atomic E-state index is 12.3. The van der Waals surface area contributed by atoms with Crippen LogP contribution in [0.15, 0.2) is 30.3 Å².